The monoisotopic (exact) mass is 213 g/mol. The lowest BCUT2D eigenvalue weighted by atomic mass is 10.2. The Morgan fingerprint density at radius 2 is 2.27 bits per heavy atom. The molecule has 1 amide bonds. The molecule has 1 rings (SSSR count). The van der Waals surface area contributed by atoms with E-state index >= 15 is 0 Å². The number of aliphatic hydroxyl groups excluding tert-OH is 1. The van der Waals surface area contributed by atoms with Gasteiger partial charge in [0, 0.05) is 5.56 Å². The summed E-state index contributed by atoms with van der Waals surface area (Å²) in [5.74, 6) is -1.11. The van der Waals surface area contributed by atoms with Crippen LogP contribution in [-0.4, -0.2) is 17.6 Å². The zero-order valence-electron chi connectivity index (χ0n) is 8.07. The molecule has 1 aromatic rings. The normalized spacial score (nSPS) is 10.0. The van der Waals surface area contributed by atoms with Gasteiger partial charge in [-0.25, -0.2) is 4.39 Å². The summed E-state index contributed by atoms with van der Waals surface area (Å²) in [7, 11) is 0. The van der Waals surface area contributed by atoms with Crippen molar-refractivity contribution in [3.05, 3.63) is 29.6 Å². The van der Waals surface area contributed by atoms with Crippen LogP contribution in [0.15, 0.2) is 18.2 Å². The van der Waals surface area contributed by atoms with Crippen molar-refractivity contribution in [2.45, 2.75) is 13.0 Å². The van der Waals surface area contributed by atoms with Crippen LogP contribution in [0.5, 0.6) is 5.75 Å². The van der Waals surface area contributed by atoms with Gasteiger partial charge in [-0.2, -0.15) is 0 Å². The summed E-state index contributed by atoms with van der Waals surface area (Å²) in [4.78, 5) is 10.4. The highest BCUT2D eigenvalue weighted by Crippen LogP contribution is 2.22. The quantitative estimate of drug-likeness (QED) is 0.751. The molecule has 0 saturated carbocycles. The predicted molar refractivity (Wildman–Crippen MR) is 51.6 cm³/mol. The van der Waals surface area contributed by atoms with Crippen LogP contribution in [0.1, 0.15) is 12.0 Å². The molecule has 4 nitrogen and oxygen atoms in total. The van der Waals surface area contributed by atoms with Crippen LogP contribution in [0.3, 0.4) is 0 Å². The number of nitrogens with two attached hydrogens (primary N) is 1. The van der Waals surface area contributed by atoms with Crippen molar-refractivity contribution in [1.29, 1.82) is 0 Å². The third-order valence-corrected chi connectivity index (χ3v) is 1.81. The number of rotatable bonds is 5. The molecule has 0 aromatic heterocycles. The molecule has 0 radical (unpaired) electrons. The van der Waals surface area contributed by atoms with Crippen molar-refractivity contribution in [2.75, 3.05) is 6.61 Å². The van der Waals surface area contributed by atoms with Gasteiger partial charge in [-0.3, -0.25) is 4.79 Å². The van der Waals surface area contributed by atoms with E-state index in [2.05, 4.69) is 0 Å². The van der Waals surface area contributed by atoms with Crippen molar-refractivity contribution in [3.63, 3.8) is 0 Å². The summed E-state index contributed by atoms with van der Waals surface area (Å²) in [5, 5.41) is 8.91. The summed E-state index contributed by atoms with van der Waals surface area (Å²) in [6.45, 7) is -0.313. The molecule has 0 fully saturated rings. The molecule has 1 aromatic carbocycles. The average Bonchev–Trinajstić information content (AvgIpc) is 2.20. The number of carbonyl (C=O) groups is 1. The molecule has 0 heterocycles. The Morgan fingerprint density at radius 3 is 2.87 bits per heavy atom. The molecule has 82 valence electrons. The molecule has 0 aliphatic heterocycles. The summed E-state index contributed by atoms with van der Waals surface area (Å²) in [5.41, 5.74) is 5.25. The van der Waals surface area contributed by atoms with Crippen molar-refractivity contribution in [2.24, 2.45) is 5.73 Å². The smallest absolute Gasteiger partial charge is 0.220 e. The molecular weight excluding hydrogens is 201 g/mol. The van der Waals surface area contributed by atoms with Crippen molar-refractivity contribution in [1.82, 2.24) is 0 Å². The number of aliphatic hydroxyl groups is 1. The second kappa shape index (κ2) is 5.31. The highest BCUT2D eigenvalue weighted by Gasteiger charge is 2.09. The van der Waals surface area contributed by atoms with E-state index in [-0.39, 0.29) is 25.4 Å². The lowest BCUT2D eigenvalue weighted by Crippen LogP contribution is -2.15. The van der Waals surface area contributed by atoms with Crippen LogP contribution in [0.2, 0.25) is 0 Å². The second-order valence-electron chi connectivity index (χ2n) is 2.95. The Hall–Kier alpha value is -1.62. The average molecular weight is 213 g/mol. The SMILES string of the molecule is NC(=O)CCOc1c(F)cccc1CO. The van der Waals surface area contributed by atoms with Crippen LogP contribution >= 0.6 is 0 Å². The van der Waals surface area contributed by atoms with Gasteiger partial charge in [-0.05, 0) is 6.07 Å². The maximum atomic E-state index is 13.2. The zero-order chi connectivity index (χ0) is 11.3. The van der Waals surface area contributed by atoms with Gasteiger partial charge in [0.15, 0.2) is 11.6 Å². The topological polar surface area (TPSA) is 72.6 Å². The van der Waals surface area contributed by atoms with E-state index in [0.717, 1.165) is 0 Å². The number of hydrogen-bond donors (Lipinski definition) is 2. The number of halogens is 1. The van der Waals surface area contributed by atoms with Gasteiger partial charge >= 0.3 is 0 Å². The second-order valence-corrected chi connectivity index (χ2v) is 2.95. The molecule has 0 aliphatic carbocycles. The first-order chi connectivity index (χ1) is 7.15. The third-order valence-electron chi connectivity index (χ3n) is 1.81. The number of ether oxygens (including phenoxy) is 1. The van der Waals surface area contributed by atoms with Gasteiger partial charge < -0.3 is 15.6 Å². The van der Waals surface area contributed by atoms with Gasteiger partial charge in [-0.15, -0.1) is 0 Å². The molecule has 0 unspecified atom stereocenters. The first-order valence-electron chi connectivity index (χ1n) is 4.44. The Kier molecular flexibility index (Phi) is 4.05. The molecule has 0 bridgehead atoms. The Labute approximate surface area is 86.5 Å². The lowest BCUT2D eigenvalue weighted by Gasteiger charge is -2.09. The lowest BCUT2D eigenvalue weighted by molar-refractivity contribution is -0.118. The van der Waals surface area contributed by atoms with Gasteiger partial charge in [0.25, 0.3) is 0 Å². The molecule has 3 N–H and O–H groups in total. The molecule has 0 saturated heterocycles. The van der Waals surface area contributed by atoms with Gasteiger partial charge in [0.05, 0.1) is 19.6 Å². The largest absolute Gasteiger partial charge is 0.490 e. The van der Waals surface area contributed by atoms with Gasteiger partial charge in [0.2, 0.25) is 5.91 Å². The van der Waals surface area contributed by atoms with Crippen molar-refractivity contribution < 1.29 is 19.0 Å². The van der Waals surface area contributed by atoms with E-state index in [9.17, 15) is 9.18 Å². The molecular formula is C10H12FNO3. The minimum absolute atomic E-state index is 0.00324. The Balaban J connectivity index is 2.70. The number of primary amides is 1. The Bertz CT molecular complexity index is 355. The van der Waals surface area contributed by atoms with E-state index in [0.29, 0.717) is 5.56 Å². The number of carbonyl (C=O) groups excluding carboxylic acids is 1. The standard InChI is InChI=1S/C10H12FNO3/c11-8-3-1-2-7(6-13)10(8)15-5-4-9(12)14/h1-3,13H,4-6H2,(H2,12,14). The van der Waals surface area contributed by atoms with Crippen molar-refractivity contribution >= 4 is 5.91 Å². The first kappa shape index (κ1) is 11.5. The summed E-state index contributed by atoms with van der Waals surface area (Å²) < 4.78 is 18.2. The Morgan fingerprint density at radius 1 is 1.53 bits per heavy atom. The molecule has 0 atom stereocenters. The van der Waals surface area contributed by atoms with E-state index in [1.807, 2.05) is 0 Å². The minimum atomic E-state index is -0.564. The van der Waals surface area contributed by atoms with Crippen LogP contribution in [0, 0.1) is 5.82 Å². The third kappa shape index (κ3) is 3.21. The predicted octanol–water partition coefficient (Wildman–Crippen LogP) is 0.572. The summed E-state index contributed by atoms with van der Waals surface area (Å²) >= 11 is 0. The van der Waals surface area contributed by atoms with E-state index < -0.39 is 11.7 Å². The molecule has 0 spiro atoms. The first-order valence-corrected chi connectivity index (χ1v) is 4.44. The molecule has 15 heavy (non-hydrogen) atoms. The van der Waals surface area contributed by atoms with Gasteiger partial charge in [0.1, 0.15) is 0 Å². The van der Waals surface area contributed by atoms with Crippen LogP contribution in [0.25, 0.3) is 0 Å². The maximum Gasteiger partial charge on any atom is 0.220 e. The van der Waals surface area contributed by atoms with Crippen molar-refractivity contribution in [3.8, 4) is 5.75 Å². The number of hydrogen-bond acceptors (Lipinski definition) is 3. The van der Waals surface area contributed by atoms with Crippen LogP contribution in [-0.2, 0) is 11.4 Å². The zero-order valence-corrected chi connectivity index (χ0v) is 8.07. The molecule has 0 aliphatic rings. The number of amides is 1. The number of para-hydroxylation sites is 1. The van der Waals surface area contributed by atoms with Crippen LogP contribution in [0.4, 0.5) is 4.39 Å². The van der Waals surface area contributed by atoms with E-state index in [1.54, 1.807) is 6.07 Å². The fraction of sp³-hybridized carbons (Fsp3) is 0.300. The van der Waals surface area contributed by atoms with Gasteiger partial charge in [-0.1, -0.05) is 12.1 Å². The summed E-state index contributed by atoms with van der Waals surface area (Å²) in [6, 6.07) is 4.24. The highest BCUT2D eigenvalue weighted by atomic mass is 19.1. The number of benzene rings is 1. The van der Waals surface area contributed by atoms with E-state index in [1.165, 1.54) is 12.1 Å². The van der Waals surface area contributed by atoms with Crippen LogP contribution < -0.4 is 10.5 Å². The fourth-order valence-electron chi connectivity index (χ4n) is 1.09. The highest BCUT2D eigenvalue weighted by molar-refractivity contribution is 5.73. The molecule has 5 heteroatoms. The summed E-state index contributed by atoms with van der Waals surface area (Å²) in [6.07, 6.45) is 0.0131. The maximum absolute atomic E-state index is 13.2. The fourth-order valence-corrected chi connectivity index (χ4v) is 1.09. The van der Waals surface area contributed by atoms with E-state index in [4.69, 9.17) is 15.6 Å². The minimum Gasteiger partial charge on any atom is -0.490 e.